The third-order valence-corrected chi connectivity index (χ3v) is 4.54. The monoisotopic (exact) mass is 313 g/mol. The second-order valence-corrected chi connectivity index (χ2v) is 6.86. The van der Waals surface area contributed by atoms with E-state index in [0.29, 0.717) is 11.7 Å². The topological polar surface area (TPSA) is 61.0 Å². The van der Waals surface area contributed by atoms with Crippen LogP contribution in [0.1, 0.15) is 37.6 Å². The second kappa shape index (κ2) is 4.91. The Morgan fingerprint density at radius 3 is 2.95 bits per heavy atom. The molecule has 0 N–H and O–H groups in total. The summed E-state index contributed by atoms with van der Waals surface area (Å²) in [7, 11) is 0. The van der Waals surface area contributed by atoms with E-state index < -0.39 is 0 Å². The van der Waals surface area contributed by atoms with Gasteiger partial charge in [-0.25, -0.2) is 0 Å². The second-order valence-electron chi connectivity index (χ2n) is 5.98. The molecule has 1 aromatic carbocycles. The van der Waals surface area contributed by atoms with Crippen molar-refractivity contribution in [3.8, 4) is 16.5 Å². The van der Waals surface area contributed by atoms with Crippen molar-refractivity contribution < 1.29 is 9.26 Å². The Balaban J connectivity index is 1.76. The van der Waals surface area contributed by atoms with Crippen molar-refractivity contribution in [3.05, 3.63) is 47.4 Å². The van der Waals surface area contributed by atoms with Crippen LogP contribution in [0.15, 0.2) is 40.5 Å². The SMILES string of the molecule is CC1(C)CC(c2nc(-c3cncs3)no2)c2ccccc2O1. The van der Waals surface area contributed by atoms with Crippen LogP contribution >= 0.6 is 11.3 Å². The quantitative estimate of drug-likeness (QED) is 0.718. The third kappa shape index (κ3) is 2.29. The molecular formula is C16H15N3O2S. The number of rotatable bonds is 2. The molecule has 4 rings (SSSR count). The normalized spacial score (nSPS) is 19.5. The van der Waals surface area contributed by atoms with Crippen molar-refractivity contribution >= 4 is 11.3 Å². The van der Waals surface area contributed by atoms with Gasteiger partial charge in [-0.1, -0.05) is 23.4 Å². The van der Waals surface area contributed by atoms with Gasteiger partial charge in [0.15, 0.2) is 0 Å². The summed E-state index contributed by atoms with van der Waals surface area (Å²) in [5.41, 5.74) is 2.59. The van der Waals surface area contributed by atoms with E-state index in [1.165, 1.54) is 11.3 Å². The van der Waals surface area contributed by atoms with Crippen molar-refractivity contribution in [1.29, 1.82) is 0 Å². The van der Waals surface area contributed by atoms with Crippen molar-refractivity contribution in [2.24, 2.45) is 0 Å². The van der Waals surface area contributed by atoms with Crippen LogP contribution in [-0.2, 0) is 0 Å². The Kier molecular flexibility index (Phi) is 3.00. The predicted molar refractivity (Wildman–Crippen MR) is 83.0 cm³/mol. The van der Waals surface area contributed by atoms with Crippen LogP contribution in [-0.4, -0.2) is 20.7 Å². The van der Waals surface area contributed by atoms with Gasteiger partial charge in [0.1, 0.15) is 11.4 Å². The molecular weight excluding hydrogens is 298 g/mol. The summed E-state index contributed by atoms with van der Waals surface area (Å²) in [5.74, 6) is 2.17. The minimum atomic E-state index is -0.266. The largest absolute Gasteiger partial charge is 0.488 e. The van der Waals surface area contributed by atoms with Gasteiger partial charge in [0, 0.05) is 18.2 Å². The minimum Gasteiger partial charge on any atom is -0.488 e. The zero-order valence-electron chi connectivity index (χ0n) is 12.3. The molecule has 112 valence electrons. The molecule has 0 radical (unpaired) electrons. The molecule has 0 saturated carbocycles. The Hall–Kier alpha value is -2.21. The van der Waals surface area contributed by atoms with Crippen molar-refractivity contribution in [2.75, 3.05) is 0 Å². The maximum atomic E-state index is 6.05. The fourth-order valence-corrected chi connectivity index (χ4v) is 3.37. The molecule has 0 fully saturated rings. The zero-order chi connectivity index (χ0) is 15.2. The number of para-hydroxylation sites is 1. The molecule has 0 spiro atoms. The van der Waals surface area contributed by atoms with Gasteiger partial charge in [-0.05, 0) is 19.9 Å². The summed E-state index contributed by atoms with van der Waals surface area (Å²) >= 11 is 1.50. The number of ether oxygens (including phenoxy) is 1. The van der Waals surface area contributed by atoms with Gasteiger partial charge in [-0.15, -0.1) is 11.3 Å². The summed E-state index contributed by atoms with van der Waals surface area (Å²) in [6.07, 6.45) is 2.55. The van der Waals surface area contributed by atoms with Gasteiger partial charge in [0.25, 0.3) is 0 Å². The summed E-state index contributed by atoms with van der Waals surface area (Å²) < 4.78 is 11.6. The van der Waals surface area contributed by atoms with E-state index >= 15 is 0 Å². The number of benzene rings is 1. The summed E-state index contributed by atoms with van der Waals surface area (Å²) in [6.45, 7) is 4.16. The van der Waals surface area contributed by atoms with Crippen LogP contribution in [0.3, 0.4) is 0 Å². The highest BCUT2D eigenvalue weighted by molar-refractivity contribution is 7.13. The van der Waals surface area contributed by atoms with E-state index in [1.54, 1.807) is 11.7 Å². The number of nitrogens with zero attached hydrogens (tertiary/aromatic N) is 3. The molecule has 6 heteroatoms. The van der Waals surface area contributed by atoms with Crippen LogP contribution in [0.5, 0.6) is 5.75 Å². The molecule has 22 heavy (non-hydrogen) atoms. The molecule has 1 aliphatic heterocycles. The lowest BCUT2D eigenvalue weighted by atomic mass is 9.84. The van der Waals surface area contributed by atoms with E-state index in [1.807, 2.05) is 18.2 Å². The molecule has 2 aromatic heterocycles. The van der Waals surface area contributed by atoms with E-state index in [9.17, 15) is 0 Å². The minimum absolute atomic E-state index is 0.0501. The summed E-state index contributed by atoms with van der Waals surface area (Å²) in [6, 6.07) is 8.04. The Morgan fingerprint density at radius 1 is 1.27 bits per heavy atom. The third-order valence-electron chi connectivity index (χ3n) is 3.77. The molecule has 3 aromatic rings. The molecule has 1 atom stereocenters. The van der Waals surface area contributed by atoms with Crippen LogP contribution in [0, 0.1) is 0 Å². The maximum absolute atomic E-state index is 6.05. The first kappa shape index (κ1) is 13.5. The lowest BCUT2D eigenvalue weighted by Gasteiger charge is -2.36. The van der Waals surface area contributed by atoms with Crippen molar-refractivity contribution in [1.82, 2.24) is 15.1 Å². The molecule has 1 aliphatic rings. The van der Waals surface area contributed by atoms with E-state index in [-0.39, 0.29) is 11.5 Å². The van der Waals surface area contributed by atoms with E-state index in [0.717, 1.165) is 22.6 Å². The average molecular weight is 313 g/mol. The number of hydrogen-bond acceptors (Lipinski definition) is 6. The van der Waals surface area contributed by atoms with Gasteiger partial charge >= 0.3 is 0 Å². The number of thiazole rings is 1. The van der Waals surface area contributed by atoms with Gasteiger partial charge in [-0.2, -0.15) is 4.98 Å². The average Bonchev–Trinajstić information content (AvgIpc) is 3.16. The van der Waals surface area contributed by atoms with Gasteiger partial charge in [-0.3, -0.25) is 4.98 Å². The first-order chi connectivity index (χ1) is 10.6. The lowest BCUT2D eigenvalue weighted by Crippen LogP contribution is -2.35. The first-order valence-corrected chi connectivity index (χ1v) is 8.01. The molecule has 0 saturated heterocycles. The Labute approximate surface area is 132 Å². The highest BCUT2D eigenvalue weighted by Gasteiger charge is 2.37. The molecule has 0 amide bonds. The highest BCUT2D eigenvalue weighted by Crippen LogP contribution is 2.43. The summed E-state index contributed by atoms with van der Waals surface area (Å²) in [4.78, 5) is 9.55. The lowest BCUT2D eigenvalue weighted by molar-refractivity contribution is 0.0725. The van der Waals surface area contributed by atoms with Gasteiger partial charge in [0.05, 0.1) is 16.3 Å². The highest BCUT2D eigenvalue weighted by atomic mass is 32.1. The fourth-order valence-electron chi connectivity index (χ4n) is 2.83. The predicted octanol–water partition coefficient (Wildman–Crippen LogP) is 3.89. The molecule has 0 bridgehead atoms. The van der Waals surface area contributed by atoms with E-state index in [4.69, 9.17) is 9.26 Å². The number of aromatic nitrogens is 3. The van der Waals surface area contributed by atoms with Gasteiger partial charge in [0.2, 0.25) is 11.7 Å². The van der Waals surface area contributed by atoms with Crippen molar-refractivity contribution in [2.45, 2.75) is 31.8 Å². The van der Waals surface area contributed by atoms with Crippen molar-refractivity contribution in [3.63, 3.8) is 0 Å². The van der Waals surface area contributed by atoms with Gasteiger partial charge < -0.3 is 9.26 Å². The molecule has 5 nitrogen and oxygen atoms in total. The smallest absolute Gasteiger partial charge is 0.234 e. The molecule has 0 aliphatic carbocycles. The zero-order valence-corrected chi connectivity index (χ0v) is 13.1. The fraction of sp³-hybridized carbons (Fsp3) is 0.312. The van der Waals surface area contributed by atoms with Crippen LogP contribution in [0.25, 0.3) is 10.7 Å². The maximum Gasteiger partial charge on any atom is 0.234 e. The Morgan fingerprint density at radius 2 is 2.14 bits per heavy atom. The number of fused-ring (bicyclic) bond motifs is 1. The molecule has 3 heterocycles. The first-order valence-electron chi connectivity index (χ1n) is 7.13. The van der Waals surface area contributed by atoms with Crippen LogP contribution in [0.4, 0.5) is 0 Å². The standard InChI is InChI=1S/C16H15N3O2S/c1-16(2)7-11(10-5-3-4-6-12(10)20-16)15-18-14(19-21-15)13-8-17-9-22-13/h3-6,8-9,11H,7H2,1-2H3. The Bertz CT molecular complexity index is 795. The van der Waals surface area contributed by atoms with Crippen LogP contribution in [0.2, 0.25) is 0 Å². The van der Waals surface area contributed by atoms with Crippen LogP contribution < -0.4 is 4.74 Å². The summed E-state index contributed by atoms with van der Waals surface area (Å²) in [5, 5.41) is 4.10. The van der Waals surface area contributed by atoms with E-state index in [2.05, 4.69) is 35.0 Å². The molecule has 1 unspecified atom stereocenters. The number of hydrogen-bond donors (Lipinski definition) is 0.